The highest BCUT2D eigenvalue weighted by molar-refractivity contribution is 5.32. The zero-order chi connectivity index (χ0) is 9.40. The highest BCUT2D eigenvalue weighted by Crippen LogP contribution is 2.02. The van der Waals surface area contributed by atoms with Crippen molar-refractivity contribution in [1.29, 1.82) is 0 Å². The molecule has 0 amide bonds. The topological polar surface area (TPSA) is 20.2 Å². The number of rotatable bonds is 5. The van der Waals surface area contributed by atoms with Gasteiger partial charge in [-0.05, 0) is 17.6 Å². The number of aliphatic hydroxyl groups excluding tert-OH is 1. The molecule has 0 aromatic heterocycles. The third-order valence-electron chi connectivity index (χ3n) is 1.64. The lowest BCUT2D eigenvalue weighted by atomic mass is 10.1. The molecule has 0 aliphatic carbocycles. The number of allylic oxidation sites excluding steroid dienone is 5. The van der Waals surface area contributed by atoms with Crippen molar-refractivity contribution in [3.05, 3.63) is 48.6 Å². The fraction of sp³-hybridized carbons (Fsp3) is 0.273. The minimum absolute atomic E-state index is 0.120. The van der Waals surface area contributed by atoms with E-state index in [4.69, 9.17) is 5.11 Å². The summed E-state index contributed by atoms with van der Waals surface area (Å²) in [6.45, 7) is 9.39. The Morgan fingerprint density at radius 2 is 1.83 bits per heavy atom. The van der Waals surface area contributed by atoms with Gasteiger partial charge < -0.3 is 5.11 Å². The Morgan fingerprint density at radius 1 is 1.25 bits per heavy atom. The molecule has 0 saturated heterocycles. The SMILES string of the molecule is C=CC(C=C)=C/C=C(\CC)CO. The summed E-state index contributed by atoms with van der Waals surface area (Å²) in [5.74, 6) is 0. The second-order valence-electron chi connectivity index (χ2n) is 2.41. The van der Waals surface area contributed by atoms with Crippen LogP contribution in [-0.4, -0.2) is 11.7 Å². The molecule has 0 bridgehead atoms. The van der Waals surface area contributed by atoms with Crippen molar-refractivity contribution in [2.45, 2.75) is 13.3 Å². The summed E-state index contributed by atoms with van der Waals surface area (Å²) < 4.78 is 0. The van der Waals surface area contributed by atoms with Gasteiger partial charge in [0.1, 0.15) is 0 Å². The maximum atomic E-state index is 8.84. The lowest BCUT2D eigenvalue weighted by molar-refractivity contribution is 0.327. The van der Waals surface area contributed by atoms with Crippen molar-refractivity contribution in [2.75, 3.05) is 6.61 Å². The lowest BCUT2D eigenvalue weighted by Gasteiger charge is -1.96. The zero-order valence-electron chi connectivity index (χ0n) is 7.59. The first-order valence-corrected chi connectivity index (χ1v) is 4.03. The molecule has 1 nitrogen and oxygen atoms in total. The molecule has 0 fully saturated rings. The van der Waals surface area contributed by atoms with Gasteiger partial charge in [0.25, 0.3) is 0 Å². The van der Waals surface area contributed by atoms with Gasteiger partial charge in [-0.3, -0.25) is 0 Å². The monoisotopic (exact) mass is 164 g/mol. The minimum Gasteiger partial charge on any atom is -0.392 e. The molecule has 0 saturated carbocycles. The number of hydrogen-bond donors (Lipinski definition) is 1. The first-order chi connectivity index (χ1) is 5.78. The van der Waals surface area contributed by atoms with Gasteiger partial charge in [-0.25, -0.2) is 0 Å². The quantitative estimate of drug-likeness (QED) is 0.619. The van der Waals surface area contributed by atoms with Crippen LogP contribution in [0.3, 0.4) is 0 Å². The van der Waals surface area contributed by atoms with E-state index in [-0.39, 0.29) is 6.61 Å². The molecule has 0 heterocycles. The van der Waals surface area contributed by atoms with Gasteiger partial charge >= 0.3 is 0 Å². The normalized spacial score (nSPS) is 10.7. The maximum absolute atomic E-state index is 8.84. The molecule has 1 heteroatoms. The molecule has 0 unspecified atom stereocenters. The molecule has 0 aliphatic heterocycles. The maximum Gasteiger partial charge on any atom is 0.0644 e. The van der Waals surface area contributed by atoms with Gasteiger partial charge in [0.2, 0.25) is 0 Å². The Hall–Kier alpha value is -1.08. The average molecular weight is 164 g/mol. The molecule has 0 spiro atoms. The van der Waals surface area contributed by atoms with E-state index in [0.717, 1.165) is 17.6 Å². The highest BCUT2D eigenvalue weighted by atomic mass is 16.3. The van der Waals surface area contributed by atoms with Crippen LogP contribution in [0.5, 0.6) is 0 Å². The molecule has 66 valence electrons. The van der Waals surface area contributed by atoms with Crippen molar-refractivity contribution in [1.82, 2.24) is 0 Å². The summed E-state index contributed by atoms with van der Waals surface area (Å²) >= 11 is 0. The van der Waals surface area contributed by atoms with Crippen molar-refractivity contribution < 1.29 is 5.11 Å². The zero-order valence-corrected chi connectivity index (χ0v) is 7.59. The summed E-state index contributed by atoms with van der Waals surface area (Å²) in [5, 5.41) is 8.84. The van der Waals surface area contributed by atoms with Gasteiger partial charge in [0, 0.05) is 0 Å². The summed E-state index contributed by atoms with van der Waals surface area (Å²) in [7, 11) is 0. The van der Waals surface area contributed by atoms with E-state index in [2.05, 4.69) is 13.2 Å². The molecule has 1 N–H and O–H groups in total. The van der Waals surface area contributed by atoms with Crippen LogP contribution in [0.4, 0.5) is 0 Å². The van der Waals surface area contributed by atoms with Crippen molar-refractivity contribution in [3.8, 4) is 0 Å². The molecule has 0 rings (SSSR count). The lowest BCUT2D eigenvalue weighted by Crippen LogP contribution is -1.86. The predicted molar refractivity (Wildman–Crippen MR) is 53.9 cm³/mol. The molecule has 0 aromatic rings. The molecule has 12 heavy (non-hydrogen) atoms. The van der Waals surface area contributed by atoms with Crippen LogP contribution in [0.15, 0.2) is 48.6 Å². The second-order valence-corrected chi connectivity index (χ2v) is 2.41. The summed E-state index contributed by atoms with van der Waals surface area (Å²) in [6.07, 6.45) is 8.13. The number of aliphatic hydroxyl groups is 1. The highest BCUT2D eigenvalue weighted by Gasteiger charge is 1.87. The van der Waals surface area contributed by atoms with Crippen LogP contribution < -0.4 is 0 Å². The molecular formula is C11H16O. The molecular weight excluding hydrogens is 148 g/mol. The smallest absolute Gasteiger partial charge is 0.0644 e. The predicted octanol–water partition coefficient (Wildman–Crippen LogP) is 2.61. The van der Waals surface area contributed by atoms with Crippen molar-refractivity contribution in [3.63, 3.8) is 0 Å². The largest absolute Gasteiger partial charge is 0.392 e. The Labute approximate surface area is 74.4 Å². The van der Waals surface area contributed by atoms with E-state index < -0.39 is 0 Å². The van der Waals surface area contributed by atoms with E-state index in [0.29, 0.717) is 0 Å². The Morgan fingerprint density at radius 3 is 2.17 bits per heavy atom. The van der Waals surface area contributed by atoms with Gasteiger partial charge in [-0.15, -0.1) is 0 Å². The van der Waals surface area contributed by atoms with E-state index in [1.54, 1.807) is 12.2 Å². The van der Waals surface area contributed by atoms with E-state index in [1.807, 2.05) is 19.1 Å². The van der Waals surface area contributed by atoms with Crippen LogP contribution in [0.1, 0.15) is 13.3 Å². The Kier molecular flexibility index (Phi) is 6.02. The van der Waals surface area contributed by atoms with Gasteiger partial charge in [0.15, 0.2) is 0 Å². The van der Waals surface area contributed by atoms with Crippen LogP contribution in [0.2, 0.25) is 0 Å². The van der Waals surface area contributed by atoms with Gasteiger partial charge in [0.05, 0.1) is 6.61 Å². The van der Waals surface area contributed by atoms with Crippen LogP contribution in [0, 0.1) is 0 Å². The minimum atomic E-state index is 0.120. The summed E-state index contributed by atoms with van der Waals surface area (Å²) in [4.78, 5) is 0. The van der Waals surface area contributed by atoms with E-state index in [9.17, 15) is 0 Å². The van der Waals surface area contributed by atoms with Gasteiger partial charge in [-0.1, -0.05) is 44.4 Å². The molecule has 0 atom stereocenters. The summed E-state index contributed by atoms with van der Waals surface area (Å²) in [5.41, 5.74) is 1.98. The van der Waals surface area contributed by atoms with E-state index >= 15 is 0 Å². The number of hydrogen-bond acceptors (Lipinski definition) is 1. The third kappa shape index (κ3) is 3.94. The molecule has 0 aliphatic rings. The summed E-state index contributed by atoms with van der Waals surface area (Å²) in [6, 6.07) is 0. The fourth-order valence-electron chi connectivity index (χ4n) is 0.716. The van der Waals surface area contributed by atoms with Crippen LogP contribution in [0.25, 0.3) is 0 Å². The van der Waals surface area contributed by atoms with Crippen molar-refractivity contribution in [2.24, 2.45) is 0 Å². The second kappa shape index (κ2) is 6.62. The third-order valence-corrected chi connectivity index (χ3v) is 1.64. The van der Waals surface area contributed by atoms with Crippen LogP contribution in [-0.2, 0) is 0 Å². The molecule has 0 aromatic carbocycles. The standard InChI is InChI=1S/C11H16O/c1-4-10(5-2)7-8-11(6-3)9-12/h4-5,7-8,12H,1-2,6,9H2,3H3/b11-8+. The van der Waals surface area contributed by atoms with E-state index in [1.165, 1.54) is 0 Å². The molecule has 0 radical (unpaired) electrons. The Balaban J connectivity index is 4.40. The van der Waals surface area contributed by atoms with Gasteiger partial charge in [-0.2, -0.15) is 0 Å². The Bertz CT molecular complexity index is 193. The fourth-order valence-corrected chi connectivity index (χ4v) is 0.716. The van der Waals surface area contributed by atoms with Crippen molar-refractivity contribution >= 4 is 0 Å². The average Bonchev–Trinajstić information content (AvgIpc) is 2.13. The van der Waals surface area contributed by atoms with Crippen LogP contribution >= 0.6 is 0 Å². The first-order valence-electron chi connectivity index (χ1n) is 4.03. The first kappa shape index (κ1) is 10.9.